The maximum atomic E-state index is 4.52. The van der Waals surface area contributed by atoms with Crippen LogP contribution >= 0.6 is 0 Å². The molecule has 0 spiro atoms. The zero-order valence-electron chi connectivity index (χ0n) is 11.6. The molecule has 0 amide bonds. The summed E-state index contributed by atoms with van der Waals surface area (Å²) in [5, 5.41) is 4.52. The van der Waals surface area contributed by atoms with Crippen LogP contribution in [0.15, 0.2) is 12.4 Å². The van der Waals surface area contributed by atoms with Gasteiger partial charge in [-0.05, 0) is 19.3 Å². The van der Waals surface area contributed by atoms with E-state index in [1.54, 1.807) is 0 Å². The first kappa shape index (κ1) is 14.2. The standard InChI is InChI=1S/C14H28N3/c1-3-5-7-8-9-10-12-17-14-13-16(15-17)11-6-4-2/h13-14H,3-12H2,1-2H3/q+1. The van der Waals surface area contributed by atoms with Crippen molar-refractivity contribution in [3.8, 4) is 0 Å². The van der Waals surface area contributed by atoms with Crippen LogP contribution in [0.4, 0.5) is 0 Å². The Morgan fingerprint density at radius 2 is 1.65 bits per heavy atom. The highest BCUT2D eigenvalue weighted by Gasteiger charge is 2.04. The predicted molar refractivity (Wildman–Crippen MR) is 70.7 cm³/mol. The van der Waals surface area contributed by atoms with E-state index in [1.807, 2.05) is 0 Å². The molecule has 0 aliphatic rings. The lowest BCUT2D eigenvalue weighted by Gasteiger charge is -1.97. The van der Waals surface area contributed by atoms with Gasteiger partial charge >= 0.3 is 0 Å². The second-order valence-electron chi connectivity index (χ2n) is 4.84. The molecule has 0 N–H and O–H groups in total. The molecule has 0 bridgehead atoms. The number of hydrogen-bond acceptors (Lipinski definition) is 1. The fraction of sp³-hybridized carbons (Fsp3) is 0.857. The lowest BCUT2D eigenvalue weighted by Crippen LogP contribution is -2.36. The summed E-state index contributed by atoms with van der Waals surface area (Å²) in [5.41, 5.74) is 0. The van der Waals surface area contributed by atoms with Crippen molar-refractivity contribution in [2.45, 2.75) is 78.3 Å². The first-order valence-electron chi connectivity index (χ1n) is 7.30. The topological polar surface area (TPSA) is 21.7 Å². The summed E-state index contributed by atoms with van der Waals surface area (Å²) < 4.78 is 4.13. The molecule has 1 aromatic rings. The van der Waals surface area contributed by atoms with E-state index in [1.165, 1.54) is 51.4 Å². The first-order valence-corrected chi connectivity index (χ1v) is 7.30. The summed E-state index contributed by atoms with van der Waals surface area (Å²) in [6.07, 6.45) is 14.7. The minimum Gasteiger partial charge on any atom is -0.138 e. The van der Waals surface area contributed by atoms with Crippen LogP contribution in [0, 0.1) is 0 Å². The van der Waals surface area contributed by atoms with E-state index in [2.05, 4.69) is 40.8 Å². The molecule has 0 atom stereocenters. The summed E-state index contributed by atoms with van der Waals surface area (Å²) in [6, 6.07) is 0. The predicted octanol–water partition coefficient (Wildman–Crippen LogP) is 3.33. The Morgan fingerprint density at radius 1 is 0.941 bits per heavy atom. The second-order valence-corrected chi connectivity index (χ2v) is 4.84. The summed E-state index contributed by atoms with van der Waals surface area (Å²) in [7, 11) is 0. The molecule has 0 aliphatic carbocycles. The van der Waals surface area contributed by atoms with Gasteiger partial charge in [0.05, 0.1) is 5.21 Å². The second kappa shape index (κ2) is 9.20. The monoisotopic (exact) mass is 238 g/mol. The molecule has 1 aromatic heterocycles. The van der Waals surface area contributed by atoms with Crippen LogP contribution in [-0.2, 0) is 13.1 Å². The van der Waals surface area contributed by atoms with Gasteiger partial charge in [0.1, 0.15) is 13.1 Å². The zero-order chi connectivity index (χ0) is 12.3. The van der Waals surface area contributed by atoms with Crippen molar-refractivity contribution in [2.75, 3.05) is 0 Å². The minimum atomic E-state index is 1.06. The van der Waals surface area contributed by atoms with E-state index in [0.29, 0.717) is 0 Å². The van der Waals surface area contributed by atoms with E-state index in [0.717, 1.165) is 13.1 Å². The number of aryl methyl sites for hydroxylation is 2. The molecular formula is C14H28N3+. The molecule has 3 heteroatoms. The molecule has 0 aromatic carbocycles. The Morgan fingerprint density at radius 3 is 2.41 bits per heavy atom. The van der Waals surface area contributed by atoms with Crippen molar-refractivity contribution < 1.29 is 4.68 Å². The highest BCUT2D eigenvalue weighted by molar-refractivity contribution is 4.57. The number of aromatic nitrogens is 3. The third-order valence-electron chi connectivity index (χ3n) is 3.12. The van der Waals surface area contributed by atoms with Gasteiger partial charge in [0, 0.05) is 0 Å². The van der Waals surface area contributed by atoms with Crippen LogP contribution in [0.5, 0.6) is 0 Å². The van der Waals surface area contributed by atoms with E-state index in [9.17, 15) is 0 Å². The van der Waals surface area contributed by atoms with Gasteiger partial charge in [-0.15, -0.1) is 9.36 Å². The molecule has 0 radical (unpaired) electrons. The molecule has 17 heavy (non-hydrogen) atoms. The van der Waals surface area contributed by atoms with Gasteiger partial charge in [-0.1, -0.05) is 46.0 Å². The molecule has 1 heterocycles. The summed E-state index contributed by atoms with van der Waals surface area (Å²) >= 11 is 0. The molecular weight excluding hydrogens is 210 g/mol. The van der Waals surface area contributed by atoms with Crippen LogP contribution in [0.25, 0.3) is 0 Å². The largest absolute Gasteiger partial charge is 0.155 e. The van der Waals surface area contributed by atoms with Crippen LogP contribution in [0.2, 0.25) is 0 Å². The van der Waals surface area contributed by atoms with Crippen LogP contribution in [0.3, 0.4) is 0 Å². The third kappa shape index (κ3) is 6.44. The Hall–Kier alpha value is -0.860. The highest BCUT2D eigenvalue weighted by Crippen LogP contribution is 2.04. The molecule has 0 unspecified atom stereocenters. The summed E-state index contributed by atoms with van der Waals surface area (Å²) in [6.45, 7) is 6.61. The molecule has 0 fully saturated rings. The Balaban J connectivity index is 2.08. The first-order chi connectivity index (χ1) is 8.36. The molecule has 98 valence electrons. The average molecular weight is 238 g/mol. The summed E-state index contributed by atoms with van der Waals surface area (Å²) in [5.74, 6) is 0. The third-order valence-corrected chi connectivity index (χ3v) is 3.12. The van der Waals surface area contributed by atoms with Crippen molar-refractivity contribution in [1.29, 1.82) is 0 Å². The van der Waals surface area contributed by atoms with Crippen molar-refractivity contribution in [2.24, 2.45) is 0 Å². The number of rotatable bonds is 10. The Bertz CT molecular complexity index is 281. The SMILES string of the molecule is CCCCCCCC[n+]1ccn(CCCC)n1. The van der Waals surface area contributed by atoms with Crippen molar-refractivity contribution in [3.63, 3.8) is 0 Å². The fourth-order valence-electron chi connectivity index (χ4n) is 1.97. The zero-order valence-corrected chi connectivity index (χ0v) is 11.6. The molecule has 0 saturated carbocycles. The van der Waals surface area contributed by atoms with Gasteiger partial charge in [-0.25, -0.2) is 0 Å². The molecule has 0 saturated heterocycles. The highest BCUT2D eigenvalue weighted by atomic mass is 15.5. The van der Waals surface area contributed by atoms with Crippen LogP contribution in [-0.4, -0.2) is 9.90 Å². The number of hydrogen-bond donors (Lipinski definition) is 0. The van der Waals surface area contributed by atoms with Crippen LogP contribution in [0.1, 0.15) is 65.2 Å². The van der Waals surface area contributed by atoms with E-state index < -0.39 is 0 Å². The molecule has 0 aliphatic heterocycles. The lowest BCUT2D eigenvalue weighted by molar-refractivity contribution is -0.755. The van der Waals surface area contributed by atoms with Crippen LogP contribution < -0.4 is 4.68 Å². The maximum Gasteiger partial charge on any atom is 0.155 e. The minimum absolute atomic E-state index is 1.06. The summed E-state index contributed by atoms with van der Waals surface area (Å²) in [4.78, 5) is 0. The van der Waals surface area contributed by atoms with Gasteiger partial charge < -0.3 is 0 Å². The number of nitrogens with zero attached hydrogens (tertiary/aromatic N) is 3. The maximum absolute atomic E-state index is 4.52. The van der Waals surface area contributed by atoms with Gasteiger partial charge in [0.25, 0.3) is 0 Å². The van der Waals surface area contributed by atoms with E-state index in [4.69, 9.17) is 0 Å². The quantitative estimate of drug-likeness (QED) is 0.452. The van der Waals surface area contributed by atoms with Gasteiger partial charge in [-0.2, -0.15) is 0 Å². The van der Waals surface area contributed by atoms with Gasteiger partial charge in [0.15, 0.2) is 12.4 Å². The normalized spacial score (nSPS) is 10.9. The number of unbranched alkanes of at least 4 members (excludes halogenated alkanes) is 6. The Kier molecular flexibility index (Phi) is 7.69. The fourth-order valence-corrected chi connectivity index (χ4v) is 1.97. The van der Waals surface area contributed by atoms with Crippen molar-refractivity contribution in [3.05, 3.63) is 12.4 Å². The average Bonchev–Trinajstić information content (AvgIpc) is 2.79. The molecule has 3 nitrogen and oxygen atoms in total. The van der Waals surface area contributed by atoms with Gasteiger partial charge in [-0.3, -0.25) is 0 Å². The van der Waals surface area contributed by atoms with E-state index in [-0.39, 0.29) is 0 Å². The van der Waals surface area contributed by atoms with Gasteiger partial charge in [0.2, 0.25) is 0 Å². The Labute approximate surface area is 106 Å². The molecule has 1 rings (SSSR count). The lowest BCUT2D eigenvalue weighted by atomic mass is 10.1. The van der Waals surface area contributed by atoms with Crippen molar-refractivity contribution in [1.82, 2.24) is 9.90 Å². The smallest absolute Gasteiger partial charge is 0.138 e. The van der Waals surface area contributed by atoms with E-state index >= 15 is 0 Å². The van der Waals surface area contributed by atoms with Crippen molar-refractivity contribution >= 4 is 0 Å².